The molecule has 1 amide bonds. The van der Waals surface area contributed by atoms with E-state index in [0.29, 0.717) is 5.56 Å². The summed E-state index contributed by atoms with van der Waals surface area (Å²) in [6.45, 7) is -0.0477. The van der Waals surface area contributed by atoms with Crippen molar-refractivity contribution in [1.82, 2.24) is 15.3 Å². The smallest absolute Gasteiger partial charge is 0.274 e. The Bertz CT molecular complexity index is 742. The first-order valence-corrected chi connectivity index (χ1v) is 5.76. The molecule has 0 saturated heterocycles. The summed E-state index contributed by atoms with van der Waals surface area (Å²) in [4.78, 5) is 19.3. The van der Waals surface area contributed by atoms with Crippen LogP contribution in [0.3, 0.4) is 0 Å². The largest absolute Gasteiger partial charge is 0.382 e. The van der Waals surface area contributed by atoms with Crippen LogP contribution in [0.15, 0.2) is 24.4 Å². The molecule has 0 aliphatic rings. The third kappa shape index (κ3) is 3.27. The number of nitrogens with one attached hydrogen (secondary N) is 1. The van der Waals surface area contributed by atoms with Crippen LogP contribution < -0.4 is 11.1 Å². The Morgan fingerprint density at radius 2 is 2.14 bits per heavy atom. The first kappa shape index (κ1) is 14.3. The Kier molecular flexibility index (Phi) is 4.04. The predicted octanol–water partition coefficient (Wildman–Crippen LogP) is 1.14. The highest BCUT2D eigenvalue weighted by atomic mass is 19.2. The van der Waals surface area contributed by atoms with E-state index in [9.17, 15) is 13.6 Å². The molecule has 0 fully saturated rings. The van der Waals surface area contributed by atoms with Crippen LogP contribution in [0.4, 0.5) is 14.6 Å². The van der Waals surface area contributed by atoms with Crippen LogP contribution in [0, 0.1) is 23.0 Å². The number of rotatable bonds is 3. The van der Waals surface area contributed by atoms with Crippen molar-refractivity contribution in [2.45, 2.75) is 6.54 Å². The monoisotopic (exact) mass is 289 g/mol. The molecule has 1 aromatic heterocycles. The van der Waals surface area contributed by atoms with Gasteiger partial charge in [-0.15, -0.1) is 0 Å². The Hall–Kier alpha value is -3.08. The minimum atomic E-state index is -1.01. The number of amides is 1. The maximum Gasteiger partial charge on any atom is 0.274 e. The molecule has 0 bridgehead atoms. The fourth-order valence-corrected chi connectivity index (χ4v) is 1.54. The number of hydrogen-bond acceptors (Lipinski definition) is 5. The summed E-state index contributed by atoms with van der Waals surface area (Å²) < 4.78 is 25.8. The van der Waals surface area contributed by atoms with Crippen molar-refractivity contribution in [3.63, 3.8) is 0 Å². The molecule has 1 heterocycles. The topological polar surface area (TPSA) is 105 Å². The molecular formula is C13H9F2N5O. The number of carbonyl (C=O) groups excluding carboxylic acids is 1. The summed E-state index contributed by atoms with van der Waals surface area (Å²) in [5, 5.41) is 11.1. The average Bonchev–Trinajstić information content (AvgIpc) is 2.48. The molecule has 8 heteroatoms. The molecule has 21 heavy (non-hydrogen) atoms. The van der Waals surface area contributed by atoms with Gasteiger partial charge in [0.1, 0.15) is 6.07 Å². The molecule has 1 aromatic carbocycles. The van der Waals surface area contributed by atoms with Crippen LogP contribution in [0.1, 0.15) is 21.7 Å². The van der Waals surface area contributed by atoms with Crippen molar-refractivity contribution in [3.8, 4) is 6.07 Å². The molecule has 0 spiro atoms. The normalized spacial score (nSPS) is 9.95. The fraction of sp³-hybridized carbons (Fsp3) is 0.0769. The third-order valence-corrected chi connectivity index (χ3v) is 2.57. The van der Waals surface area contributed by atoms with Gasteiger partial charge in [0, 0.05) is 6.54 Å². The Labute approximate surface area is 118 Å². The summed E-state index contributed by atoms with van der Waals surface area (Å²) >= 11 is 0. The van der Waals surface area contributed by atoms with E-state index in [1.165, 1.54) is 6.07 Å². The molecule has 6 nitrogen and oxygen atoms in total. The molecule has 0 atom stereocenters. The quantitative estimate of drug-likeness (QED) is 0.881. The average molecular weight is 289 g/mol. The first-order valence-electron chi connectivity index (χ1n) is 5.76. The van der Waals surface area contributed by atoms with Crippen LogP contribution in [-0.2, 0) is 6.54 Å². The van der Waals surface area contributed by atoms with Crippen molar-refractivity contribution >= 4 is 11.7 Å². The molecular weight excluding hydrogens is 280 g/mol. The maximum atomic E-state index is 13.0. The van der Waals surface area contributed by atoms with Crippen LogP contribution in [-0.4, -0.2) is 15.9 Å². The van der Waals surface area contributed by atoms with Gasteiger partial charge in [0.15, 0.2) is 28.8 Å². The highest BCUT2D eigenvalue weighted by Gasteiger charge is 2.14. The number of anilines is 1. The highest BCUT2D eigenvalue weighted by molar-refractivity contribution is 5.96. The lowest BCUT2D eigenvalue weighted by molar-refractivity contribution is 0.0946. The zero-order valence-electron chi connectivity index (χ0n) is 10.6. The first-order chi connectivity index (χ1) is 10.0. The Morgan fingerprint density at radius 3 is 2.81 bits per heavy atom. The van der Waals surface area contributed by atoms with Gasteiger partial charge in [0.05, 0.1) is 6.20 Å². The Balaban J connectivity index is 2.11. The van der Waals surface area contributed by atoms with Gasteiger partial charge in [0.2, 0.25) is 0 Å². The number of halogens is 2. The van der Waals surface area contributed by atoms with Crippen LogP contribution in [0.5, 0.6) is 0 Å². The number of nitrogens with two attached hydrogens (primary N) is 1. The molecule has 2 aromatic rings. The molecule has 106 valence electrons. The summed E-state index contributed by atoms with van der Waals surface area (Å²) in [5.74, 6) is -2.77. The van der Waals surface area contributed by atoms with Gasteiger partial charge in [-0.3, -0.25) is 4.79 Å². The summed E-state index contributed by atoms with van der Waals surface area (Å²) in [5.41, 5.74) is 5.62. The number of nitriles is 1. The van der Waals surface area contributed by atoms with E-state index in [-0.39, 0.29) is 23.8 Å². The lowest BCUT2D eigenvalue weighted by Crippen LogP contribution is -2.25. The Morgan fingerprint density at radius 1 is 1.38 bits per heavy atom. The van der Waals surface area contributed by atoms with E-state index >= 15 is 0 Å². The second-order valence-corrected chi connectivity index (χ2v) is 4.03. The lowest BCUT2D eigenvalue weighted by Gasteiger charge is -2.07. The van der Waals surface area contributed by atoms with Crippen LogP contribution in [0.25, 0.3) is 0 Å². The molecule has 0 saturated carbocycles. The maximum absolute atomic E-state index is 13.0. The van der Waals surface area contributed by atoms with E-state index in [2.05, 4.69) is 15.3 Å². The van der Waals surface area contributed by atoms with Crippen molar-refractivity contribution in [2.24, 2.45) is 0 Å². The van der Waals surface area contributed by atoms with E-state index in [0.717, 1.165) is 18.3 Å². The van der Waals surface area contributed by atoms with Crippen molar-refractivity contribution in [1.29, 1.82) is 5.26 Å². The highest BCUT2D eigenvalue weighted by Crippen LogP contribution is 2.09. The van der Waals surface area contributed by atoms with E-state index in [4.69, 9.17) is 11.0 Å². The molecule has 3 N–H and O–H groups in total. The SMILES string of the molecule is N#Cc1cnc(N)c(C(=O)NCc2ccc(F)c(F)c2)n1. The molecule has 0 unspecified atom stereocenters. The van der Waals surface area contributed by atoms with Crippen LogP contribution in [0.2, 0.25) is 0 Å². The number of nitrogens with zero attached hydrogens (tertiary/aromatic N) is 3. The number of hydrogen-bond donors (Lipinski definition) is 2. The van der Waals surface area contributed by atoms with Crippen molar-refractivity contribution in [3.05, 3.63) is 53.0 Å². The van der Waals surface area contributed by atoms with Gasteiger partial charge in [-0.2, -0.15) is 5.26 Å². The van der Waals surface area contributed by atoms with Gasteiger partial charge in [-0.25, -0.2) is 18.7 Å². The summed E-state index contributed by atoms with van der Waals surface area (Å²) in [6, 6.07) is 5.00. The molecule has 0 aliphatic carbocycles. The molecule has 0 radical (unpaired) electrons. The predicted molar refractivity (Wildman–Crippen MR) is 68.7 cm³/mol. The molecule has 0 aliphatic heterocycles. The van der Waals surface area contributed by atoms with Gasteiger partial charge >= 0.3 is 0 Å². The lowest BCUT2D eigenvalue weighted by atomic mass is 10.2. The van der Waals surface area contributed by atoms with Gasteiger partial charge in [-0.05, 0) is 17.7 Å². The standard InChI is InChI=1S/C13H9F2N5O/c14-9-2-1-7(3-10(9)15)5-19-13(21)11-12(17)18-6-8(4-16)20-11/h1-3,6H,5H2,(H2,17,18)(H,19,21). The van der Waals surface area contributed by atoms with E-state index in [1.807, 2.05) is 0 Å². The summed E-state index contributed by atoms with van der Waals surface area (Å²) in [6.07, 6.45) is 1.14. The number of carbonyl (C=O) groups is 1. The van der Waals surface area contributed by atoms with Gasteiger partial charge in [0.25, 0.3) is 5.91 Å². The number of benzene rings is 1. The van der Waals surface area contributed by atoms with Crippen molar-refractivity contribution < 1.29 is 13.6 Å². The summed E-state index contributed by atoms with van der Waals surface area (Å²) in [7, 11) is 0. The minimum Gasteiger partial charge on any atom is -0.382 e. The van der Waals surface area contributed by atoms with Crippen LogP contribution >= 0.6 is 0 Å². The van der Waals surface area contributed by atoms with Gasteiger partial charge in [-0.1, -0.05) is 6.07 Å². The number of nitrogen functional groups attached to an aromatic ring is 1. The second kappa shape index (κ2) is 5.92. The van der Waals surface area contributed by atoms with Crippen molar-refractivity contribution in [2.75, 3.05) is 5.73 Å². The van der Waals surface area contributed by atoms with E-state index < -0.39 is 17.5 Å². The second-order valence-electron chi connectivity index (χ2n) is 4.03. The zero-order valence-corrected chi connectivity index (χ0v) is 10.6. The van der Waals surface area contributed by atoms with Gasteiger partial charge < -0.3 is 11.1 Å². The number of aromatic nitrogens is 2. The van der Waals surface area contributed by atoms with E-state index in [1.54, 1.807) is 6.07 Å². The zero-order chi connectivity index (χ0) is 15.4. The third-order valence-electron chi connectivity index (χ3n) is 2.57. The minimum absolute atomic E-state index is 0.0477. The molecule has 2 rings (SSSR count). The fourth-order valence-electron chi connectivity index (χ4n) is 1.54.